The highest BCUT2D eigenvalue weighted by Crippen LogP contribution is 2.28. The number of aromatic nitrogens is 3. The van der Waals surface area contributed by atoms with Gasteiger partial charge in [-0.25, -0.2) is 8.91 Å². The number of likely N-dealkylation sites (tertiary alicyclic amines) is 1. The van der Waals surface area contributed by atoms with E-state index >= 15 is 4.39 Å². The highest BCUT2D eigenvalue weighted by atomic mass is 19.1. The zero-order valence-electron chi connectivity index (χ0n) is 17.9. The molecular formula is C25H23FN4O3. The summed E-state index contributed by atoms with van der Waals surface area (Å²) in [5.41, 5.74) is 0.141. The van der Waals surface area contributed by atoms with Crippen LogP contribution in [0.2, 0.25) is 0 Å². The fraction of sp³-hybridized carbons (Fsp3) is 0.240. The third-order valence-corrected chi connectivity index (χ3v) is 6.28. The summed E-state index contributed by atoms with van der Waals surface area (Å²) in [5, 5.41) is 15.3. The van der Waals surface area contributed by atoms with Gasteiger partial charge < -0.3 is 10.0 Å². The molecule has 33 heavy (non-hydrogen) atoms. The van der Waals surface area contributed by atoms with Crippen molar-refractivity contribution in [3.05, 3.63) is 94.9 Å². The molecule has 0 saturated carbocycles. The molecule has 0 radical (unpaired) electrons. The van der Waals surface area contributed by atoms with Gasteiger partial charge in [-0.3, -0.25) is 14.2 Å². The molecule has 1 saturated heterocycles. The summed E-state index contributed by atoms with van der Waals surface area (Å²) in [6, 6.07) is 17.3. The largest absolute Gasteiger partial charge is 0.388 e. The molecule has 0 atom stereocenters. The van der Waals surface area contributed by atoms with Crippen LogP contribution < -0.4 is 5.56 Å². The van der Waals surface area contributed by atoms with Crippen LogP contribution in [0.4, 0.5) is 4.39 Å². The number of halogens is 1. The minimum absolute atomic E-state index is 0.0147. The first kappa shape index (κ1) is 21.1. The van der Waals surface area contributed by atoms with Crippen molar-refractivity contribution >= 4 is 11.4 Å². The molecule has 1 N–H and O–H groups in total. The number of nitrogens with zero attached hydrogens (tertiary/aromatic N) is 4. The van der Waals surface area contributed by atoms with E-state index < -0.39 is 17.3 Å². The maximum Gasteiger partial charge on any atom is 0.277 e. The lowest BCUT2D eigenvalue weighted by molar-refractivity contribution is -0.0301. The molecule has 0 unspecified atom stereocenters. The molecule has 3 heterocycles. The molecule has 4 aromatic rings. The van der Waals surface area contributed by atoms with Gasteiger partial charge in [0, 0.05) is 24.8 Å². The van der Waals surface area contributed by atoms with Gasteiger partial charge in [0.1, 0.15) is 17.7 Å². The normalized spacial score (nSPS) is 15.6. The Morgan fingerprint density at radius 3 is 2.55 bits per heavy atom. The lowest BCUT2D eigenvalue weighted by atomic mass is 9.90. The molecule has 7 nitrogen and oxygen atoms in total. The standard InChI is InChI=1S/C25H23FN4O3/c26-22-19(18-6-2-1-3-7-18)8-4-9-20(22)23(31)28-14-11-25(33,12-15-28)16-29-17-27-30-13-5-10-21(30)24(29)32/h1-10,13,17,33H,11-12,14-16H2. The smallest absolute Gasteiger partial charge is 0.277 e. The molecule has 1 amide bonds. The van der Waals surface area contributed by atoms with E-state index in [1.54, 1.807) is 47.5 Å². The maximum absolute atomic E-state index is 15.2. The number of carbonyl (C=O) groups excluding carboxylic acids is 1. The summed E-state index contributed by atoms with van der Waals surface area (Å²) in [5.74, 6) is -0.951. The fourth-order valence-corrected chi connectivity index (χ4v) is 4.38. The molecule has 168 valence electrons. The van der Waals surface area contributed by atoms with Crippen LogP contribution in [-0.4, -0.2) is 48.8 Å². The van der Waals surface area contributed by atoms with E-state index in [9.17, 15) is 14.7 Å². The van der Waals surface area contributed by atoms with Gasteiger partial charge in [0.25, 0.3) is 11.5 Å². The second kappa shape index (κ2) is 8.29. The Balaban J connectivity index is 1.31. The summed E-state index contributed by atoms with van der Waals surface area (Å²) in [6.45, 7) is 0.611. The van der Waals surface area contributed by atoms with Crippen molar-refractivity contribution in [1.82, 2.24) is 19.1 Å². The van der Waals surface area contributed by atoms with Crippen molar-refractivity contribution in [3.8, 4) is 11.1 Å². The second-order valence-corrected chi connectivity index (χ2v) is 8.45. The molecular weight excluding hydrogens is 423 g/mol. The Labute approximate surface area is 189 Å². The van der Waals surface area contributed by atoms with Gasteiger partial charge in [-0.2, -0.15) is 5.10 Å². The number of aliphatic hydroxyl groups is 1. The number of hydrogen-bond acceptors (Lipinski definition) is 4. The van der Waals surface area contributed by atoms with E-state index in [-0.39, 0.29) is 43.6 Å². The molecule has 0 bridgehead atoms. The predicted molar refractivity (Wildman–Crippen MR) is 121 cm³/mol. The molecule has 2 aromatic carbocycles. The Morgan fingerprint density at radius 2 is 1.79 bits per heavy atom. The van der Waals surface area contributed by atoms with Crippen LogP contribution in [-0.2, 0) is 6.54 Å². The summed E-state index contributed by atoms with van der Waals surface area (Å²) < 4.78 is 18.1. The first-order valence-electron chi connectivity index (χ1n) is 10.8. The zero-order chi connectivity index (χ0) is 23.0. The Morgan fingerprint density at radius 1 is 1.03 bits per heavy atom. The van der Waals surface area contributed by atoms with Crippen LogP contribution in [0.15, 0.2) is 78.0 Å². The molecule has 1 fully saturated rings. The summed E-state index contributed by atoms with van der Waals surface area (Å²) >= 11 is 0. The van der Waals surface area contributed by atoms with Gasteiger partial charge in [0.2, 0.25) is 0 Å². The van der Waals surface area contributed by atoms with E-state index in [4.69, 9.17) is 0 Å². The van der Waals surface area contributed by atoms with Crippen molar-refractivity contribution in [3.63, 3.8) is 0 Å². The van der Waals surface area contributed by atoms with E-state index in [2.05, 4.69) is 5.10 Å². The first-order chi connectivity index (χ1) is 16.0. The van der Waals surface area contributed by atoms with Crippen LogP contribution in [0.5, 0.6) is 0 Å². The SMILES string of the molecule is O=C(c1cccc(-c2ccccc2)c1F)N1CCC(O)(Cn2cnn3cccc3c2=O)CC1. The van der Waals surface area contributed by atoms with Crippen molar-refractivity contribution in [2.24, 2.45) is 0 Å². The molecule has 1 aliphatic rings. The average Bonchev–Trinajstić information content (AvgIpc) is 3.31. The topological polar surface area (TPSA) is 79.8 Å². The van der Waals surface area contributed by atoms with Crippen LogP contribution in [0, 0.1) is 5.82 Å². The maximum atomic E-state index is 15.2. The Bertz CT molecular complexity index is 1370. The lowest BCUT2D eigenvalue weighted by Crippen LogP contribution is -2.49. The van der Waals surface area contributed by atoms with Gasteiger partial charge in [-0.05, 0) is 36.6 Å². The number of amides is 1. The number of fused-ring (bicyclic) bond motifs is 1. The van der Waals surface area contributed by atoms with Crippen LogP contribution in [0.25, 0.3) is 16.6 Å². The second-order valence-electron chi connectivity index (χ2n) is 8.45. The molecule has 0 spiro atoms. The minimum atomic E-state index is -1.16. The Kier molecular flexibility index (Phi) is 5.30. The van der Waals surface area contributed by atoms with Crippen molar-refractivity contribution < 1.29 is 14.3 Å². The molecule has 1 aliphatic heterocycles. The number of carbonyl (C=O) groups is 1. The monoisotopic (exact) mass is 446 g/mol. The van der Waals surface area contributed by atoms with Gasteiger partial charge in [0.05, 0.1) is 17.7 Å². The molecule has 8 heteroatoms. The number of piperidine rings is 1. The fourth-order valence-electron chi connectivity index (χ4n) is 4.38. The number of benzene rings is 2. The summed E-state index contributed by atoms with van der Waals surface area (Å²) in [4.78, 5) is 27.3. The predicted octanol–water partition coefficient (Wildman–Crippen LogP) is 2.97. The van der Waals surface area contributed by atoms with E-state index in [0.29, 0.717) is 16.6 Å². The van der Waals surface area contributed by atoms with Crippen molar-refractivity contribution in [1.29, 1.82) is 0 Å². The highest BCUT2D eigenvalue weighted by molar-refractivity contribution is 5.96. The van der Waals surface area contributed by atoms with E-state index in [1.165, 1.54) is 21.5 Å². The quantitative estimate of drug-likeness (QED) is 0.523. The molecule has 0 aliphatic carbocycles. The van der Waals surface area contributed by atoms with Crippen LogP contribution >= 0.6 is 0 Å². The van der Waals surface area contributed by atoms with Crippen LogP contribution in [0.1, 0.15) is 23.2 Å². The zero-order valence-corrected chi connectivity index (χ0v) is 17.9. The molecule has 2 aromatic heterocycles. The van der Waals surface area contributed by atoms with Gasteiger partial charge in [-0.1, -0.05) is 42.5 Å². The number of hydrogen-bond donors (Lipinski definition) is 1. The minimum Gasteiger partial charge on any atom is -0.388 e. The van der Waals surface area contributed by atoms with Gasteiger partial charge in [-0.15, -0.1) is 0 Å². The van der Waals surface area contributed by atoms with Gasteiger partial charge >= 0.3 is 0 Å². The Hall–Kier alpha value is -3.78. The molecule has 5 rings (SSSR count). The number of rotatable bonds is 4. The van der Waals surface area contributed by atoms with Crippen molar-refractivity contribution in [2.45, 2.75) is 25.0 Å². The lowest BCUT2D eigenvalue weighted by Gasteiger charge is -2.38. The average molecular weight is 446 g/mol. The summed E-state index contributed by atoms with van der Waals surface area (Å²) in [6.07, 6.45) is 3.65. The third kappa shape index (κ3) is 3.93. The summed E-state index contributed by atoms with van der Waals surface area (Å²) in [7, 11) is 0. The highest BCUT2D eigenvalue weighted by Gasteiger charge is 2.35. The third-order valence-electron chi connectivity index (χ3n) is 6.28. The van der Waals surface area contributed by atoms with E-state index in [1.807, 2.05) is 18.2 Å². The van der Waals surface area contributed by atoms with Crippen LogP contribution in [0.3, 0.4) is 0 Å². The van der Waals surface area contributed by atoms with Crippen molar-refractivity contribution in [2.75, 3.05) is 13.1 Å². The van der Waals surface area contributed by atoms with Gasteiger partial charge in [0.15, 0.2) is 0 Å². The van der Waals surface area contributed by atoms with E-state index in [0.717, 1.165) is 0 Å². The first-order valence-corrected chi connectivity index (χ1v) is 10.8.